The number of amides is 1. The van der Waals surface area contributed by atoms with Crippen molar-refractivity contribution >= 4 is 29.9 Å². The van der Waals surface area contributed by atoms with Gasteiger partial charge in [0.15, 0.2) is 0 Å². The maximum absolute atomic E-state index is 12.5. The highest BCUT2D eigenvalue weighted by Gasteiger charge is 2.35. The summed E-state index contributed by atoms with van der Waals surface area (Å²) in [5.41, 5.74) is 6.54. The Morgan fingerprint density at radius 2 is 2.20 bits per heavy atom. The molecular formula is C15H22Cl2N2O. The van der Waals surface area contributed by atoms with E-state index < -0.39 is 5.41 Å². The van der Waals surface area contributed by atoms with E-state index in [9.17, 15) is 4.79 Å². The largest absolute Gasteiger partial charge is 0.341 e. The average Bonchev–Trinajstić information content (AvgIpc) is 2.74. The highest BCUT2D eigenvalue weighted by molar-refractivity contribution is 6.30. The van der Waals surface area contributed by atoms with Crippen LogP contribution in [0.1, 0.15) is 25.8 Å². The molecule has 1 aliphatic rings. The van der Waals surface area contributed by atoms with E-state index in [4.69, 9.17) is 17.3 Å². The molecule has 0 bridgehead atoms. The smallest absolute Gasteiger partial charge is 0.228 e. The first-order valence-corrected chi connectivity index (χ1v) is 7.06. The number of rotatable bonds is 3. The van der Waals surface area contributed by atoms with Crippen molar-refractivity contribution in [1.82, 2.24) is 4.90 Å². The average molecular weight is 317 g/mol. The molecule has 0 saturated carbocycles. The summed E-state index contributed by atoms with van der Waals surface area (Å²) < 4.78 is 0. The fourth-order valence-corrected chi connectivity index (χ4v) is 2.85. The molecule has 3 nitrogen and oxygen atoms in total. The van der Waals surface area contributed by atoms with Crippen LogP contribution < -0.4 is 5.73 Å². The lowest BCUT2D eigenvalue weighted by Gasteiger charge is -2.29. The maximum atomic E-state index is 12.5. The zero-order chi connectivity index (χ0) is 14.0. The van der Waals surface area contributed by atoms with Crippen LogP contribution in [0.3, 0.4) is 0 Å². The molecule has 20 heavy (non-hydrogen) atoms. The van der Waals surface area contributed by atoms with E-state index in [1.807, 2.05) is 43.0 Å². The Labute approximate surface area is 131 Å². The fraction of sp³-hybridized carbons (Fsp3) is 0.533. The monoisotopic (exact) mass is 316 g/mol. The predicted molar refractivity (Wildman–Crippen MR) is 85.4 cm³/mol. The molecule has 1 saturated heterocycles. The molecule has 0 aliphatic carbocycles. The minimum absolute atomic E-state index is 0. The predicted octanol–water partition coefficient (Wildman–Crippen LogP) is 2.89. The van der Waals surface area contributed by atoms with Crippen LogP contribution in [-0.2, 0) is 11.2 Å². The van der Waals surface area contributed by atoms with Gasteiger partial charge in [-0.15, -0.1) is 12.4 Å². The van der Waals surface area contributed by atoms with Crippen molar-refractivity contribution in [1.29, 1.82) is 0 Å². The van der Waals surface area contributed by atoms with E-state index in [1.54, 1.807) is 0 Å². The van der Waals surface area contributed by atoms with Crippen LogP contribution in [0.5, 0.6) is 0 Å². The molecule has 0 unspecified atom stereocenters. The van der Waals surface area contributed by atoms with Gasteiger partial charge in [0.25, 0.3) is 0 Å². The van der Waals surface area contributed by atoms with Crippen LogP contribution in [0.4, 0.5) is 0 Å². The van der Waals surface area contributed by atoms with E-state index in [1.165, 1.54) is 0 Å². The number of nitrogens with two attached hydrogens (primary N) is 1. The summed E-state index contributed by atoms with van der Waals surface area (Å²) in [5.74, 6) is 0.181. The number of likely N-dealkylation sites (tertiary alicyclic amines) is 1. The van der Waals surface area contributed by atoms with Crippen LogP contribution in [0.25, 0.3) is 0 Å². The first-order valence-electron chi connectivity index (χ1n) is 6.68. The summed E-state index contributed by atoms with van der Waals surface area (Å²) in [4.78, 5) is 14.4. The van der Waals surface area contributed by atoms with E-state index in [-0.39, 0.29) is 24.4 Å². The summed E-state index contributed by atoms with van der Waals surface area (Å²) >= 11 is 5.99. The van der Waals surface area contributed by atoms with Crippen LogP contribution in [0.2, 0.25) is 5.02 Å². The van der Waals surface area contributed by atoms with Crippen LogP contribution in [-0.4, -0.2) is 29.9 Å². The van der Waals surface area contributed by atoms with Crippen LogP contribution in [0, 0.1) is 5.41 Å². The second-order valence-electron chi connectivity index (χ2n) is 5.99. The van der Waals surface area contributed by atoms with Crippen molar-refractivity contribution < 1.29 is 4.79 Å². The van der Waals surface area contributed by atoms with Gasteiger partial charge in [0.05, 0.1) is 0 Å². The molecule has 5 heteroatoms. The third kappa shape index (κ3) is 4.11. The molecule has 112 valence electrons. The Kier molecular flexibility index (Phi) is 5.87. The standard InChI is InChI=1S/C15H21ClN2O.ClH/c1-15(2,9-11-4-3-5-12(16)8-11)14(19)18-7-6-13(17)10-18;/h3-5,8,13H,6-7,9-10,17H2,1-2H3;1H/t13-;/m1./s1. The van der Waals surface area contributed by atoms with Crippen LogP contribution in [0.15, 0.2) is 24.3 Å². The Morgan fingerprint density at radius 3 is 2.75 bits per heavy atom. The Balaban J connectivity index is 0.00000200. The molecule has 1 fully saturated rings. The number of halogens is 2. The zero-order valence-corrected chi connectivity index (χ0v) is 13.5. The molecular weight excluding hydrogens is 295 g/mol. The number of carbonyl (C=O) groups is 1. The molecule has 2 N–H and O–H groups in total. The van der Waals surface area contributed by atoms with E-state index >= 15 is 0 Å². The molecule has 1 aromatic carbocycles. The molecule has 0 aromatic heterocycles. The van der Waals surface area contributed by atoms with Gasteiger partial charge >= 0.3 is 0 Å². The summed E-state index contributed by atoms with van der Waals surface area (Å²) in [5, 5.41) is 0.712. The molecule has 0 spiro atoms. The van der Waals surface area contributed by atoms with Crippen molar-refractivity contribution in [2.45, 2.75) is 32.7 Å². The van der Waals surface area contributed by atoms with Gasteiger partial charge in [-0.25, -0.2) is 0 Å². The molecule has 1 amide bonds. The number of hydrogen-bond acceptors (Lipinski definition) is 2. The van der Waals surface area contributed by atoms with Crippen molar-refractivity contribution in [2.24, 2.45) is 11.1 Å². The lowest BCUT2D eigenvalue weighted by molar-refractivity contribution is -0.139. The minimum atomic E-state index is -0.422. The van der Waals surface area contributed by atoms with E-state index in [0.29, 0.717) is 18.0 Å². The van der Waals surface area contributed by atoms with Gasteiger partial charge in [-0.3, -0.25) is 4.79 Å². The summed E-state index contributed by atoms with van der Waals surface area (Å²) in [6.07, 6.45) is 1.59. The van der Waals surface area contributed by atoms with Crippen LogP contribution >= 0.6 is 24.0 Å². The molecule has 0 radical (unpaired) electrons. The molecule has 1 aromatic rings. The normalized spacial score (nSPS) is 18.8. The fourth-order valence-electron chi connectivity index (χ4n) is 2.63. The van der Waals surface area contributed by atoms with E-state index in [0.717, 1.165) is 18.5 Å². The van der Waals surface area contributed by atoms with Gasteiger partial charge in [-0.2, -0.15) is 0 Å². The second-order valence-corrected chi connectivity index (χ2v) is 6.43. The lowest BCUT2D eigenvalue weighted by Crippen LogP contribution is -2.41. The van der Waals surface area contributed by atoms with Gasteiger partial charge in [0.1, 0.15) is 0 Å². The zero-order valence-electron chi connectivity index (χ0n) is 11.9. The van der Waals surface area contributed by atoms with Gasteiger partial charge in [-0.1, -0.05) is 37.6 Å². The molecule has 2 rings (SSSR count). The summed E-state index contributed by atoms with van der Waals surface area (Å²) in [6, 6.07) is 7.83. The molecule has 1 aliphatic heterocycles. The molecule has 1 atom stereocenters. The second kappa shape index (κ2) is 6.79. The van der Waals surface area contributed by atoms with Crippen molar-refractivity contribution in [3.8, 4) is 0 Å². The van der Waals surface area contributed by atoms with Crippen molar-refractivity contribution in [3.63, 3.8) is 0 Å². The summed E-state index contributed by atoms with van der Waals surface area (Å²) in [6.45, 7) is 5.43. The lowest BCUT2D eigenvalue weighted by atomic mass is 9.84. The van der Waals surface area contributed by atoms with Crippen molar-refractivity contribution in [2.75, 3.05) is 13.1 Å². The first kappa shape index (κ1) is 17.3. The first-order chi connectivity index (χ1) is 8.88. The van der Waals surface area contributed by atoms with Gasteiger partial charge in [-0.05, 0) is 30.5 Å². The highest BCUT2D eigenvalue weighted by atomic mass is 35.5. The van der Waals surface area contributed by atoms with Gasteiger partial charge in [0, 0.05) is 29.6 Å². The van der Waals surface area contributed by atoms with E-state index in [2.05, 4.69) is 0 Å². The number of benzene rings is 1. The SMILES string of the molecule is CC(C)(Cc1cccc(Cl)c1)C(=O)N1CC[C@@H](N)C1.Cl. The third-order valence-corrected chi connectivity index (χ3v) is 3.86. The Hall–Kier alpha value is -0.770. The molecule has 1 heterocycles. The topological polar surface area (TPSA) is 46.3 Å². The Morgan fingerprint density at radius 1 is 1.50 bits per heavy atom. The quantitative estimate of drug-likeness (QED) is 0.932. The number of nitrogens with zero attached hydrogens (tertiary/aromatic N) is 1. The summed E-state index contributed by atoms with van der Waals surface area (Å²) in [7, 11) is 0. The maximum Gasteiger partial charge on any atom is 0.228 e. The number of hydrogen-bond donors (Lipinski definition) is 1. The number of carbonyl (C=O) groups excluding carboxylic acids is 1. The third-order valence-electron chi connectivity index (χ3n) is 3.63. The van der Waals surface area contributed by atoms with Gasteiger partial charge < -0.3 is 10.6 Å². The highest BCUT2D eigenvalue weighted by Crippen LogP contribution is 2.27. The van der Waals surface area contributed by atoms with Gasteiger partial charge in [0.2, 0.25) is 5.91 Å². The van der Waals surface area contributed by atoms with Crippen molar-refractivity contribution in [3.05, 3.63) is 34.9 Å². The minimum Gasteiger partial charge on any atom is -0.341 e. The Bertz CT molecular complexity index is 477.